The maximum atomic E-state index is 11.6. The van der Waals surface area contributed by atoms with E-state index in [1.54, 1.807) is 0 Å². The van der Waals surface area contributed by atoms with Crippen molar-refractivity contribution in [3.63, 3.8) is 0 Å². The summed E-state index contributed by atoms with van der Waals surface area (Å²) in [4.78, 5) is 21.9. The lowest BCUT2D eigenvalue weighted by Gasteiger charge is -2.12. The fourth-order valence-electron chi connectivity index (χ4n) is 1.78. The van der Waals surface area contributed by atoms with Gasteiger partial charge in [-0.15, -0.1) is 0 Å². The van der Waals surface area contributed by atoms with Crippen LogP contribution >= 0.6 is 0 Å². The number of nitrogens with one attached hydrogen (secondary N) is 2. The van der Waals surface area contributed by atoms with Crippen molar-refractivity contribution in [2.75, 3.05) is 13.2 Å². The van der Waals surface area contributed by atoms with E-state index in [1.165, 1.54) is 0 Å². The molecule has 1 rings (SSSR count). The van der Waals surface area contributed by atoms with Crippen molar-refractivity contribution in [3.05, 3.63) is 29.3 Å². The van der Waals surface area contributed by atoms with Gasteiger partial charge in [0.25, 0.3) is 0 Å². The molecule has 0 aliphatic carbocycles. The zero-order chi connectivity index (χ0) is 15.7. The van der Waals surface area contributed by atoms with E-state index < -0.39 is 5.97 Å². The summed E-state index contributed by atoms with van der Waals surface area (Å²) in [7, 11) is 0. The van der Waals surface area contributed by atoms with Gasteiger partial charge in [0.1, 0.15) is 5.75 Å². The molecule has 0 heterocycles. The van der Waals surface area contributed by atoms with Gasteiger partial charge in [-0.2, -0.15) is 0 Å². The number of benzene rings is 1. The number of urea groups is 1. The molecule has 1 aromatic rings. The van der Waals surface area contributed by atoms with Gasteiger partial charge in [0.05, 0.1) is 6.61 Å². The topological polar surface area (TPSA) is 87.7 Å². The number of hydrogen-bond donors (Lipinski definition) is 3. The van der Waals surface area contributed by atoms with Gasteiger partial charge < -0.3 is 20.5 Å². The second-order valence-corrected chi connectivity index (χ2v) is 4.65. The highest BCUT2D eigenvalue weighted by Crippen LogP contribution is 2.20. The van der Waals surface area contributed by atoms with Crippen LogP contribution in [0.15, 0.2) is 18.2 Å². The van der Waals surface area contributed by atoms with Gasteiger partial charge >= 0.3 is 12.0 Å². The van der Waals surface area contributed by atoms with Crippen LogP contribution in [0.2, 0.25) is 0 Å². The summed E-state index contributed by atoms with van der Waals surface area (Å²) >= 11 is 0. The van der Waals surface area contributed by atoms with Crippen molar-refractivity contribution in [1.82, 2.24) is 10.6 Å². The molecule has 0 aliphatic heterocycles. The van der Waals surface area contributed by atoms with Crippen LogP contribution in [-0.2, 0) is 11.3 Å². The third-order valence-electron chi connectivity index (χ3n) is 2.81. The van der Waals surface area contributed by atoms with Crippen molar-refractivity contribution < 1.29 is 19.4 Å². The maximum Gasteiger partial charge on any atom is 0.315 e. The molecule has 0 aromatic heterocycles. The molecule has 116 valence electrons. The van der Waals surface area contributed by atoms with E-state index in [4.69, 9.17) is 9.84 Å². The summed E-state index contributed by atoms with van der Waals surface area (Å²) in [6, 6.07) is 5.50. The molecule has 0 fully saturated rings. The quantitative estimate of drug-likeness (QED) is 0.640. The molecule has 0 radical (unpaired) electrons. The van der Waals surface area contributed by atoms with E-state index in [1.807, 2.05) is 32.0 Å². The molecule has 0 saturated heterocycles. The van der Waals surface area contributed by atoms with Crippen LogP contribution in [0.25, 0.3) is 0 Å². The number of rotatable bonds is 8. The molecular weight excluding hydrogens is 272 g/mol. The first-order valence-corrected chi connectivity index (χ1v) is 6.98. The Kier molecular flexibility index (Phi) is 7.08. The van der Waals surface area contributed by atoms with E-state index in [9.17, 15) is 9.59 Å². The van der Waals surface area contributed by atoms with Crippen LogP contribution < -0.4 is 15.4 Å². The molecule has 1 aromatic carbocycles. The van der Waals surface area contributed by atoms with Crippen molar-refractivity contribution >= 4 is 12.0 Å². The number of carboxylic acids is 1. The molecule has 0 spiro atoms. The second-order valence-electron chi connectivity index (χ2n) is 4.65. The molecule has 0 aliphatic rings. The van der Waals surface area contributed by atoms with Crippen LogP contribution in [0.3, 0.4) is 0 Å². The molecular formula is C15H22N2O4. The summed E-state index contributed by atoms with van der Waals surface area (Å²) in [6.45, 7) is 5.16. The van der Waals surface area contributed by atoms with Gasteiger partial charge in [0.15, 0.2) is 0 Å². The van der Waals surface area contributed by atoms with E-state index in [0.29, 0.717) is 26.1 Å². The van der Waals surface area contributed by atoms with E-state index >= 15 is 0 Å². The van der Waals surface area contributed by atoms with Gasteiger partial charge in [-0.1, -0.05) is 12.1 Å². The number of aryl methyl sites for hydroxylation is 1. The lowest BCUT2D eigenvalue weighted by atomic mass is 10.1. The number of ether oxygens (including phenoxy) is 1. The Labute approximate surface area is 124 Å². The van der Waals surface area contributed by atoms with Crippen LogP contribution in [0, 0.1) is 6.92 Å². The summed E-state index contributed by atoms with van der Waals surface area (Å²) in [6.07, 6.45) is 0.463. The van der Waals surface area contributed by atoms with Crippen molar-refractivity contribution in [2.24, 2.45) is 0 Å². The monoisotopic (exact) mass is 294 g/mol. The Balaban J connectivity index is 2.40. The normalized spacial score (nSPS) is 10.0. The SMILES string of the molecule is CCOc1cc(C)ccc1CNC(=O)NCCCC(=O)O. The lowest BCUT2D eigenvalue weighted by Crippen LogP contribution is -2.35. The molecule has 0 saturated carbocycles. The molecule has 0 unspecified atom stereocenters. The minimum Gasteiger partial charge on any atom is -0.494 e. The maximum absolute atomic E-state index is 11.6. The fraction of sp³-hybridized carbons (Fsp3) is 0.467. The first-order valence-electron chi connectivity index (χ1n) is 6.98. The highest BCUT2D eigenvalue weighted by Gasteiger charge is 2.06. The molecule has 6 nitrogen and oxygen atoms in total. The minimum atomic E-state index is -0.863. The first-order chi connectivity index (χ1) is 10.0. The highest BCUT2D eigenvalue weighted by molar-refractivity contribution is 5.74. The Bertz CT molecular complexity index is 489. The van der Waals surface area contributed by atoms with E-state index in [-0.39, 0.29) is 12.5 Å². The minimum absolute atomic E-state index is 0.0483. The van der Waals surface area contributed by atoms with E-state index in [2.05, 4.69) is 10.6 Å². The third kappa shape index (κ3) is 6.65. The largest absolute Gasteiger partial charge is 0.494 e. The summed E-state index contributed by atoms with van der Waals surface area (Å²) < 4.78 is 5.54. The number of carbonyl (C=O) groups excluding carboxylic acids is 1. The number of aliphatic carboxylic acids is 1. The predicted octanol–water partition coefficient (Wildman–Crippen LogP) is 2.06. The number of carboxylic acid groups (broad SMARTS) is 1. The smallest absolute Gasteiger partial charge is 0.315 e. The van der Waals surface area contributed by atoms with Crippen LogP contribution in [0.4, 0.5) is 4.79 Å². The standard InChI is InChI=1S/C15H22N2O4/c1-3-21-13-9-11(2)6-7-12(13)10-17-15(20)16-8-4-5-14(18)19/h6-7,9H,3-5,8,10H2,1-2H3,(H,18,19)(H2,16,17,20). The van der Waals surface area contributed by atoms with Gasteiger partial charge in [0.2, 0.25) is 0 Å². The highest BCUT2D eigenvalue weighted by atomic mass is 16.5. The number of amides is 2. The molecule has 21 heavy (non-hydrogen) atoms. The lowest BCUT2D eigenvalue weighted by molar-refractivity contribution is -0.137. The Morgan fingerprint density at radius 3 is 2.71 bits per heavy atom. The number of hydrogen-bond acceptors (Lipinski definition) is 3. The Hall–Kier alpha value is -2.24. The zero-order valence-electron chi connectivity index (χ0n) is 12.4. The van der Waals surface area contributed by atoms with Crippen molar-refractivity contribution in [2.45, 2.75) is 33.2 Å². The van der Waals surface area contributed by atoms with Crippen LogP contribution in [-0.4, -0.2) is 30.3 Å². The fourth-order valence-corrected chi connectivity index (χ4v) is 1.78. The molecule has 6 heteroatoms. The van der Waals surface area contributed by atoms with E-state index in [0.717, 1.165) is 16.9 Å². The zero-order valence-corrected chi connectivity index (χ0v) is 12.4. The van der Waals surface area contributed by atoms with Gasteiger partial charge in [-0.3, -0.25) is 4.79 Å². The molecule has 2 amide bonds. The second kappa shape index (κ2) is 8.84. The predicted molar refractivity (Wildman–Crippen MR) is 79.5 cm³/mol. The molecule has 0 atom stereocenters. The van der Waals surface area contributed by atoms with Gasteiger partial charge in [-0.05, 0) is 31.9 Å². The summed E-state index contributed by atoms with van der Waals surface area (Å²) in [5.74, 6) is -0.0955. The Morgan fingerprint density at radius 2 is 2.05 bits per heavy atom. The van der Waals surface area contributed by atoms with Crippen molar-refractivity contribution in [1.29, 1.82) is 0 Å². The van der Waals surface area contributed by atoms with Gasteiger partial charge in [-0.25, -0.2) is 4.79 Å². The van der Waals surface area contributed by atoms with Crippen molar-refractivity contribution in [3.8, 4) is 5.75 Å². The van der Waals surface area contributed by atoms with Gasteiger partial charge in [0, 0.05) is 25.1 Å². The first kappa shape index (κ1) is 16.8. The molecule has 3 N–H and O–H groups in total. The third-order valence-corrected chi connectivity index (χ3v) is 2.81. The average molecular weight is 294 g/mol. The summed E-state index contributed by atoms with van der Waals surface area (Å²) in [5.41, 5.74) is 2.00. The average Bonchev–Trinajstić information content (AvgIpc) is 2.43. The molecule has 0 bridgehead atoms. The summed E-state index contributed by atoms with van der Waals surface area (Å²) in [5, 5.41) is 13.8. The Morgan fingerprint density at radius 1 is 1.29 bits per heavy atom. The van der Waals surface area contributed by atoms with Crippen LogP contribution in [0.5, 0.6) is 5.75 Å². The van der Waals surface area contributed by atoms with Crippen LogP contribution in [0.1, 0.15) is 30.9 Å². The number of carbonyl (C=O) groups is 2.